The highest BCUT2D eigenvalue weighted by Crippen LogP contribution is 2.34. The Hall–Kier alpha value is -3.36. The number of amides is 1. The molecule has 8 heteroatoms. The number of ether oxygens (including phenoxy) is 2. The molecule has 1 saturated heterocycles. The Bertz CT molecular complexity index is 1310. The van der Waals surface area contributed by atoms with E-state index in [4.69, 9.17) is 9.47 Å². The van der Waals surface area contributed by atoms with Crippen LogP contribution in [0.4, 0.5) is 5.13 Å². The van der Waals surface area contributed by atoms with Crippen LogP contribution >= 0.6 is 11.3 Å². The van der Waals surface area contributed by atoms with Gasteiger partial charge in [0.15, 0.2) is 10.8 Å². The fourth-order valence-corrected chi connectivity index (χ4v) is 4.93. The number of fused-ring (bicyclic) bond motifs is 1. The maximum Gasteiger partial charge on any atom is 0.259 e. The molecule has 168 valence electrons. The van der Waals surface area contributed by atoms with E-state index >= 15 is 0 Å². The first kappa shape index (κ1) is 21.5. The molecule has 0 unspecified atom stereocenters. The Morgan fingerprint density at radius 1 is 1.15 bits per heavy atom. The molecule has 7 nitrogen and oxygen atoms in total. The van der Waals surface area contributed by atoms with E-state index in [0.29, 0.717) is 22.1 Å². The monoisotopic (exact) mass is 460 g/mol. The number of aromatic nitrogens is 3. The first-order valence-electron chi connectivity index (χ1n) is 10.9. The summed E-state index contributed by atoms with van der Waals surface area (Å²) in [6.45, 7) is 2.68. The van der Waals surface area contributed by atoms with Gasteiger partial charge in [-0.2, -0.15) is 4.98 Å². The van der Waals surface area contributed by atoms with Crippen LogP contribution in [0.1, 0.15) is 47.0 Å². The van der Waals surface area contributed by atoms with E-state index < -0.39 is 0 Å². The molecule has 1 fully saturated rings. The third-order valence-electron chi connectivity index (χ3n) is 5.72. The zero-order valence-corrected chi connectivity index (χ0v) is 19.3. The van der Waals surface area contributed by atoms with Crippen LogP contribution in [0, 0.1) is 6.92 Å². The fourth-order valence-electron chi connectivity index (χ4n) is 4.06. The summed E-state index contributed by atoms with van der Waals surface area (Å²) in [6, 6.07) is 11.6. The van der Waals surface area contributed by atoms with Gasteiger partial charge in [0.1, 0.15) is 5.75 Å². The van der Waals surface area contributed by atoms with Crippen LogP contribution in [0.15, 0.2) is 48.8 Å². The van der Waals surface area contributed by atoms with Crippen LogP contribution in [-0.2, 0) is 4.74 Å². The number of nitrogens with zero attached hydrogens (tertiary/aromatic N) is 3. The van der Waals surface area contributed by atoms with E-state index in [1.54, 1.807) is 13.3 Å². The van der Waals surface area contributed by atoms with Gasteiger partial charge in [-0.15, -0.1) is 0 Å². The summed E-state index contributed by atoms with van der Waals surface area (Å²) in [5.74, 6) is 0.414. The molecule has 1 amide bonds. The number of benzene rings is 1. The molecule has 1 N–H and O–H groups in total. The molecule has 33 heavy (non-hydrogen) atoms. The predicted molar refractivity (Wildman–Crippen MR) is 129 cm³/mol. The summed E-state index contributed by atoms with van der Waals surface area (Å²) < 4.78 is 12.3. The number of anilines is 1. The molecule has 0 spiro atoms. The Balaban J connectivity index is 1.44. The van der Waals surface area contributed by atoms with Gasteiger partial charge in [0.2, 0.25) is 0 Å². The van der Waals surface area contributed by atoms with E-state index in [1.807, 2.05) is 43.5 Å². The molecule has 5 rings (SSSR count). The van der Waals surface area contributed by atoms with Crippen molar-refractivity contribution in [3.63, 3.8) is 0 Å². The SMILES string of the molecule is COc1ccccc1-c1cc(C)ncc1C(=O)Nc1nc2ncc([C@H]3CCCCO3)cc2s1. The summed E-state index contributed by atoms with van der Waals surface area (Å²) in [5, 5.41) is 3.43. The largest absolute Gasteiger partial charge is 0.496 e. The molecule has 3 aromatic heterocycles. The topological polar surface area (TPSA) is 86.2 Å². The van der Waals surface area contributed by atoms with E-state index in [9.17, 15) is 4.79 Å². The van der Waals surface area contributed by atoms with Crippen molar-refractivity contribution in [1.29, 1.82) is 0 Å². The van der Waals surface area contributed by atoms with Gasteiger partial charge >= 0.3 is 0 Å². The number of rotatable bonds is 5. The quantitative estimate of drug-likeness (QED) is 0.419. The molecule has 1 aromatic carbocycles. The number of nitrogens with one attached hydrogen (secondary N) is 1. The smallest absolute Gasteiger partial charge is 0.259 e. The van der Waals surface area contributed by atoms with Crippen molar-refractivity contribution in [2.24, 2.45) is 0 Å². The maximum absolute atomic E-state index is 13.2. The van der Waals surface area contributed by atoms with E-state index in [0.717, 1.165) is 53.0 Å². The number of aryl methyl sites for hydroxylation is 1. The predicted octanol–water partition coefficient (Wildman–Crippen LogP) is 5.56. The average molecular weight is 461 g/mol. The second-order valence-corrected chi connectivity index (χ2v) is 9.02. The van der Waals surface area contributed by atoms with Crippen molar-refractivity contribution >= 4 is 32.7 Å². The lowest BCUT2D eigenvalue weighted by molar-refractivity contribution is 0.0148. The van der Waals surface area contributed by atoms with Gasteiger partial charge in [0.05, 0.1) is 23.5 Å². The minimum atomic E-state index is -0.279. The van der Waals surface area contributed by atoms with Gasteiger partial charge in [-0.3, -0.25) is 15.1 Å². The summed E-state index contributed by atoms with van der Waals surface area (Å²) in [6.07, 6.45) is 6.77. The van der Waals surface area contributed by atoms with E-state index in [2.05, 4.69) is 26.3 Å². The summed E-state index contributed by atoms with van der Waals surface area (Å²) in [7, 11) is 1.62. The minimum absolute atomic E-state index is 0.0813. The number of para-hydroxylation sites is 1. The molecule has 4 aromatic rings. The lowest BCUT2D eigenvalue weighted by Gasteiger charge is -2.22. The van der Waals surface area contributed by atoms with Gasteiger partial charge in [0, 0.05) is 41.4 Å². The molecule has 1 aliphatic rings. The van der Waals surface area contributed by atoms with Crippen LogP contribution in [-0.4, -0.2) is 34.6 Å². The molecular formula is C25H24N4O3S. The molecule has 1 aliphatic heterocycles. The normalized spacial score (nSPS) is 16.0. The van der Waals surface area contributed by atoms with Crippen molar-refractivity contribution in [3.8, 4) is 16.9 Å². The van der Waals surface area contributed by atoms with Gasteiger partial charge in [-0.1, -0.05) is 29.5 Å². The molecule has 0 bridgehead atoms. The summed E-state index contributed by atoms with van der Waals surface area (Å²) in [4.78, 5) is 26.6. The maximum atomic E-state index is 13.2. The third kappa shape index (κ3) is 4.44. The summed E-state index contributed by atoms with van der Waals surface area (Å²) >= 11 is 1.40. The van der Waals surface area contributed by atoms with Crippen molar-refractivity contribution in [2.45, 2.75) is 32.3 Å². The number of methoxy groups -OCH3 is 1. The number of pyridine rings is 2. The molecule has 0 saturated carbocycles. The zero-order chi connectivity index (χ0) is 22.8. The van der Waals surface area contributed by atoms with Gasteiger partial charge in [-0.25, -0.2) is 4.98 Å². The average Bonchev–Trinajstić information content (AvgIpc) is 3.25. The molecule has 0 radical (unpaired) electrons. The van der Waals surface area contributed by atoms with Crippen LogP contribution in [0.25, 0.3) is 21.5 Å². The van der Waals surface area contributed by atoms with Crippen LogP contribution in [0.3, 0.4) is 0 Å². The standard InChI is InChI=1S/C25H24N4O3S/c1-15-11-18(17-7-3-4-9-21(17)31-2)19(14-26-15)24(30)29-25-28-23-22(33-25)12-16(13-27-23)20-8-5-6-10-32-20/h3-4,7,9,11-14,20H,5-6,8,10H2,1-2H3,(H,27,28,29,30)/t20-/m1/s1. The second kappa shape index (κ2) is 9.25. The summed E-state index contributed by atoms with van der Waals surface area (Å²) in [5.41, 5.74) is 4.53. The highest BCUT2D eigenvalue weighted by atomic mass is 32.1. The number of carbonyl (C=O) groups excluding carboxylic acids is 1. The van der Waals surface area contributed by atoms with E-state index in [1.165, 1.54) is 11.3 Å². The Morgan fingerprint density at radius 3 is 2.85 bits per heavy atom. The van der Waals surface area contributed by atoms with Crippen molar-refractivity contribution in [1.82, 2.24) is 15.0 Å². The van der Waals surface area contributed by atoms with Crippen molar-refractivity contribution in [2.75, 3.05) is 19.0 Å². The molecule has 4 heterocycles. The second-order valence-electron chi connectivity index (χ2n) is 7.99. The third-order valence-corrected chi connectivity index (χ3v) is 6.63. The zero-order valence-electron chi connectivity index (χ0n) is 18.5. The Labute approximate surface area is 195 Å². The number of hydrogen-bond acceptors (Lipinski definition) is 7. The van der Waals surface area contributed by atoms with Gasteiger partial charge in [-0.05, 0) is 44.4 Å². The first-order chi connectivity index (χ1) is 16.1. The van der Waals surface area contributed by atoms with Crippen molar-refractivity contribution in [3.05, 3.63) is 65.6 Å². The number of thiazole rings is 1. The van der Waals surface area contributed by atoms with Crippen LogP contribution < -0.4 is 10.1 Å². The lowest BCUT2D eigenvalue weighted by Crippen LogP contribution is -2.14. The first-order valence-corrected chi connectivity index (χ1v) is 11.7. The lowest BCUT2D eigenvalue weighted by atomic mass is 9.99. The van der Waals surface area contributed by atoms with E-state index in [-0.39, 0.29) is 12.0 Å². The van der Waals surface area contributed by atoms with Gasteiger partial charge < -0.3 is 9.47 Å². The molecule has 0 aliphatic carbocycles. The number of carbonyl (C=O) groups is 1. The highest BCUT2D eigenvalue weighted by Gasteiger charge is 2.20. The van der Waals surface area contributed by atoms with Crippen molar-refractivity contribution < 1.29 is 14.3 Å². The van der Waals surface area contributed by atoms with Crippen LogP contribution in [0.5, 0.6) is 5.75 Å². The molecule has 1 atom stereocenters. The highest BCUT2D eigenvalue weighted by molar-refractivity contribution is 7.22. The van der Waals surface area contributed by atoms with Gasteiger partial charge in [0.25, 0.3) is 5.91 Å². The Morgan fingerprint density at radius 2 is 2.03 bits per heavy atom. The molecular weight excluding hydrogens is 436 g/mol. The fraction of sp³-hybridized carbons (Fsp3) is 0.280. The Kier molecular flexibility index (Phi) is 6.02. The van der Waals surface area contributed by atoms with Crippen LogP contribution in [0.2, 0.25) is 0 Å². The number of hydrogen-bond donors (Lipinski definition) is 1. The minimum Gasteiger partial charge on any atom is -0.496 e.